The molecule has 0 heterocycles. The van der Waals surface area contributed by atoms with E-state index in [1.807, 2.05) is 0 Å². The largest absolute Gasteiger partial charge is 0.481 e. The third kappa shape index (κ3) is 4.16. The van der Waals surface area contributed by atoms with Gasteiger partial charge >= 0.3 is 5.97 Å². The highest BCUT2D eigenvalue weighted by molar-refractivity contribution is 6.30. The number of benzene rings is 1. The SMILES string of the molecule is NC(CCC(=O)O)Cc1ccc(Cl)cc1F. The Hall–Kier alpha value is -1.13. The van der Waals surface area contributed by atoms with Gasteiger partial charge in [0.2, 0.25) is 0 Å². The molecule has 0 fully saturated rings. The molecule has 0 bridgehead atoms. The van der Waals surface area contributed by atoms with Crippen LogP contribution in [0.1, 0.15) is 18.4 Å². The van der Waals surface area contributed by atoms with Crippen LogP contribution in [-0.2, 0) is 11.2 Å². The molecule has 1 aromatic carbocycles. The van der Waals surface area contributed by atoms with Crippen molar-refractivity contribution in [3.05, 3.63) is 34.6 Å². The first-order valence-corrected chi connectivity index (χ1v) is 5.28. The Kier molecular flexibility index (Phi) is 4.71. The van der Waals surface area contributed by atoms with E-state index in [1.54, 1.807) is 12.1 Å². The van der Waals surface area contributed by atoms with Gasteiger partial charge in [0.15, 0.2) is 0 Å². The highest BCUT2D eigenvalue weighted by Crippen LogP contribution is 2.16. The second-order valence-electron chi connectivity index (χ2n) is 3.63. The molecule has 0 aromatic heterocycles. The van der Waals surface area contributed by atoms with Crippen molar-refractivity contribution in [1.29, 1.82) is 0 Å². The molecule has 0 amide bonds. The normalized spacial score (nSPS) is 12.4. The Balaban J connectivity index is 2.55. The summed E-state index contributed by atoms with van der Waals surface area (Å²) >= 11 is 5.61. The van der Waals surface area contributed by atoms with Crippen molar-refractivity contribution in [2.75, 3.05) is 0 Å². The van der Waals surface area contributed by atoms with Gasteiger partial charge in [0.25, 0.3) is 0 Å². The molecule has 0 aliphatic heterocycles. The molecular weight excluding hydrogens is 233 g/mol. The van der Waals surface area contributed by atoms with E-state index in [9.17, 15) is 9.18 Å². The first-order valence-electron chi connectivity index (χ1n) is 4.90. The van der Waals surface area contributed by atoms with E-state index in [-0.39, 0.29) is 12.5 Å². The summed E-state index contributed by atoms with van der Waals surface area (Å²) in [6.45, 7) is 0. The zero-order chi connectivity index (χ0) is 12.1. The third-order valence-electron chi connectivity index (χ3n) is 2.23. The maximum Gasteiger partial charge on any atom is 0.303 e. The number of carbonyl (C=O) groups is 1. The summed E-state index contributed by atoms with van der Waals surface area (Å²) in [6, 6.07) is 4.02. The molecule has 3 N–H and O–H groups in total. The van der Waals surface area contributed by atoms with Gasteiger partial charge in [0.05, 0.1) is 0 Å². The fraction of sp³-hybridized carbons (Fsp3) is 0.364. The summed E-state index contributed by atoms with van der Waals surface area (Å²) in [4.78, 5) is 10.3. The van der Waals surface area contributed by atoms with E-state index in [4.69, 9.17) is 22.4 Å². The topological polar surface area (TPSA) is 63.3 Å². The summed E-state index contributed by atoms with van der Waals surface area (Å²) < 4.78 is 13.4. The number of carboxylic acids is 1. The minimum atomic E-state index is -0.896. The first-order chi connectivity index (χ1) is 7.49. The van der Waals surface area contributed by atoms with E-state index in [1.165, 1.54) is 6.07 Å². The maximum absolute atomic E-state index is 13.4. The Morgan fingerprint density at radius 2 is 2.25 bits per heavy atom. The minimum Gasteiger partial charge on any atom is -0.481 e. The summed E-state index contributed by atoms with van der Waals surface area (Å²) in [7, 11) is 0. The van der Waals surface area contributed by atoms with Gasteiger partial charge in [-0.1, -0.05) is 17.7 Å². The Morgan fingerprint density at radius 3 is 2.81 bits per heavy atom. The van der Waals surface area contributed by atoms with Gasteiger partial charge in [-0.15, -0.1) is 0 Å². The Morgan fingerprint density at radius 1 is 1.56 bits per heavy atom. The molecule has 5 heteroatoms. The molecule has 0 radical (unpaired) electrons. The van der Waals surface area contributed by atoms with Crippen molar-refractivity contribution >= 4 is 17.6 Å². The molecule has 0 saturated carbocycles. The van der Waals surface area contributed by atoms with Gasteiger partial charge < -0.3 is 10.8 Å². The van der Waals surface area contributed by atoms with Crippen LogP contribution in [0.15, 0.2) is 18.2 Å². The maximum atomic E-state index is 13.4. The second-order valence-corrected chi connectivity index (χ2v) is 4.07. The molecule has 0 saturated heterocycles. The van der Waals surface area contributed by atoms with Crippen molar-refractivity contribution < 1.29 is 14.3 Å². The summed E-state index contributed by atoms with van der Waals surface area (Å²) in [5.41, 5.74) is 6.16. The monoisotopic (exact) mass is 245 g/mol. The lowest BCUT2D eigenvalue weighted by Gasteiger charge is -2.10. The molecule has 0 aliphatic carbocycles. The lowest BCUT2D eigenvalue weighted by Crippen LogP contribution is -2.24. The van der Waals surface area contributed by atoms with Crippen LogP contribution in [-0.4, -0.2) is 17.1 Å². The van der Waals surface area contributed by atoms with E-state index in [0.717, 1.165) is 0 Å². The predicted octanol–water partition coefficient (Wildman–Crippen LogP) is 2.21. The quantitative estimate of drug-likeness (QED) is 0.836. The van der Waals surface area contributed by atoms with Crippen LogP contribution >= 0.6 is 11.6 Å². The van der Waals surface area contributed by atoms with Gasteiger partial charge in [-0.25, -0.2) is 4.39 Å². The highest BCUT2D eigenvalue weighted by atomic mass is 35.5. The number of nitrogens with two attached hydrogens (primary N) is 1. The average Bonchev–Trinajstić information content (AvgIpc) is 2.19. The zero-order valence-corrected chi connectivity index (χ0v) is 9.38. The molecule has 1 rings (SSSR count). The van der Waals surface area contributed by atoms with Crippen molar-refractivity contribution in [1.82, 2.24) is 0 Å². The summed E-state index contributed by atoms with van der Waals surface area (Å²) in [5, 5.41) is 8.81. The number of carboxylic acid groups (broad SMARTS) is 1. The van der Waals surface area contributed by atoms with Crippen molar-refractivity contribution in [3.8, 4) is 0 Å². The van der Waals surface area contributed by atoms with Crippen molar-refractivity contribution in [2.45, 2.75) is 25.3 Å². The fourth-order valence-corrected chi connectivity index (χ4v) is 1.54. The van der Waals surface area contributed by atoms with Crippen molar-refractivity contribution in [2.24, 2.45) is 5.73 Å². The zero-order valence-electron chi connectivity index (χ0n) is 8.62. The van der Waals surface area contributed by atoms with Gasteiger partial charge in [-0.2, -0.15) is 0 Å². The molecule has 1 atom stereocenters. The molecular formula is C11H13ClFNO2. The van der Waals surface area contributed by atoms with E-state index < -0.39 is 11.8 Å². The highest BCUT2D eigenvalue weighted by Gasteiger charge is 2.10. The average molecular weight is 246 g/mol. The number of aliphatic carboxylic acids is 1. The molecule has 16 heavy (non-hydrogen) atoms. The first kappa shape index (κ1) is 12.9. The molecule has 88 valence electrons. The number of rotatable bonds is 5. The van der Waals surface area contributed by atoms with Crippen LogP contribution in [0.3, 0.4) is 0 Å². The van der Waals surface area contributed by atoms with Crippen LogP contribution in [0.4, 0.5) is 4.39 Å². The van der Waals surface area contributed by atoms with Crippen LogP contribution in [0.2, 0.25) is 5.02 Å². The lowest BCUT2D eigenvalue weighted by molar-refractivity contribution is -0.137. The third-order valence-corrected chi connectivity index (χ3v) is 2.46. The second kappa shape index (κ2) is 5.82. The molecule has 0 spiro atoms. The van der Waals surface area contributed by atoms with Gasteiger partial charge in [-0.05, 0) is 30.5 Å². The summed E-state index contributed by atoms with van der Waals surface area (Å²) in [6.07, 6.45) is 0.643. The van der Waals surface area contributed by atoms with Crippen molar-refractivity contribution in [3.63, 3.8) is 0 Å². The number of hydrogen-bond acceptors (Lipinski definition) is 2. The van der Waals surface area contributed by atoms with E-state index in [2.05, 4.69) is 0 Å². The molecule has 0 aliphatic rings. The number of halogens is 2. The minimum absolute atomic E-state index is 0.00360. The standard InChI is InChI=1S/C11H13ClFNO2/c12-8-2-1-7(10(13)6-8)5-9(14)3-4-11(15)16/h1-2,6,9H,3-5,14H2,(H,15,16). The lowest BCUT2D eigenvalue weighted by atomic mass is 10.0. The fourth-order valence-electron chi connectivity index (χ4n) is 1.38. The van der Waals surface area contributed by atoms with Gasteiger partial charge in [0.1, 0.15) is 5.82 Å². The molecule has 1 aromatic rings. The summed E-state index contributed by atoms with van der Waals surface area (Å²) in [5.74, 6) is -1.30. The van der Waals surface area contributed by atoms with Crippen LogP contribution in [0, 0.1) is 5.82 Å². The van der Waals surface area contributed by atoms with Gasteiger partial charge in [0, 0.05) is 17.5 Å². The van der Waals surface area contributed by atoms with Gasteiger partial charge in [-0.3, -0.25) is 4.79 Å². The molecule has 1 unspecified atom stereocenters. The van der Waals surface area contributed by atoms with Crippen LogP contribution in [0.5, 0.6) is 0 Å². The predicted molar refractivity (Wildman–Crippen MR) is 60.0 cm³/mol. The Bertz CT molecular complexity index is 384. The van der Waals surface area contributed by atoms with Crippen LogP contribution < -0.4 is 5.73 Å². The van der Waals surface area contributed by atoms with E-state index >= 15 is 0 Å². The Labute approximate surface area is 98.0 Å². The molecule has 3 nitrogen and oxygen atoms in total. The number of hydrogen-bond donors (Lipinski definition) is 2. The van der Waals surface area contributed by atoms with Crippen LogP contribution in [0.25, 0.3) is 0 Å². The smallest absolute Gasteiger partial charge is 0.303 e. The van der Waals surface area contributed by atoms with E-state index in [0.29, 0.717) is 23.4 Å².